The van der Waals surface area contributed by atoms with Gasteiger partial charge < -0.3 is 9.64 Å². The zero-order valence-corrected chi connectivity index (χ0v) is 13.4. The summed E-state index contributed by atoms with van der Waals surface area (Å²) < 4.78 is 56.8. The lowest BCUT2D eigenvalue weighted by molar-refractivity contribution is -0.137. The van der Waals surface area contributed by atoms with Crippen LogP contribution >= 0.6 is 0 Å². The van der Waals surface area contributed by atoms with E-state index < -0.39 is 17.6 Å². The molecule has 0 bridgehead atoms. The Hall–Kier alpha value is -1.18. The zero-order valence-electron chi connectivity index (χ0n) is 13.4. The number of morpholine rings is 1. The van der Waals surface area contributed by atoms with Crippen LogP contribution in [0.3, 0.4) is 0 Å². The molecule has 0 spiro atoms. The van der Waals surface area contributed by atoms with Crippen LogP contribution < -0.4 is 0 Å². The largest absolute Gasteiger partial charge is 0.416 e. The number of benzene rings is 1. The van der Waals surface area contributed by atoms with E-state index in [9.17, 15) is 17.6 Å². The minimum absolute atomic E-state index is 0.273. The molecule has 1 aliphatic rings. The summed E-state index contributed by atoms with van der Waals surface area (Å²) in [6.07, 6.45) is -4.52. The number of hydrogen-bond acceptors (Lipinski definition) is 3. The van der Waals surface area contributed by atoms with Gasteiger partial charge in [0.1, 0.15) is 5.82 Å². The van der Waals surface area contributed by atoms with Gasteiger partial charge in [0.2, 0.25) is 0 Å². The number of ether oxygens (including phenoxy) is 1. The number of hydrogen-bond donors (Lipinski definition) is 0. The summed E-state index contributed by atoms with van der Waals surface area (Å²) in [4.78, 5) is 4.22. The maximum atomic E-state index is 13.9. The highest BCUT2D eigenvalue weighted by Gasteiger charge is 2.31. The lowest BCUT2D eigenvalue weighted by Gasteiger charge is -2.34. The Kier molecular flexibility index (Phi) is 6.00. The van der Waals surface area contributed by atoms with Crippen molar-refractivity contribution >= 4 is 0 Å². The molecule has 0 aromatic heterocycles. The van der Waals surface area contributed by atoms with Gasteiger partial charge in [-0.05, 0) is 26.1 Å². The van der Waals surface area contributed by atoms with Crippen LogP contribution in [0.4, 0.5) is 17.6 Å². The van der Waals surface area contributed by atoms with Crippen molar-refractivity contribution in [2.24, 2.45) is 0 Å². The van der Waals surface area contributed by atoms with Crippen molar-refractivity contribution in [1.29, 1.82) is 0 Å². The van der Waals surface area contributed by atoms with E-state index >= 15 is 0 Å². The molecule has 130 valence electrons. The summed E-state index contributed by atoms with van der Waals surface area (Å²) in [5, 5.41) is 0. The van der Waals surface area contributed by atoms with Crippen molar-refractivity contribution in [3.05, 3.63) is 35.1 Å². The SMILES string of the molecule is CC(CN(C)Cc1ccc(C(F)(F)F)cc1F)N1CCOCC1. The predicted octanol–water partition coefficient (Wildman–Crippen LogP) is 3.00. The number of nitrogens with zero attached hydrogens (tertiary/aromatic N) is 2. The van der Waals surface area contributed by atoms with E-state index in [0.717, 1.165) is 19.2 Å². The number of halogens is 4. The summed E-state index contributed by atoms with van der Waals surface area (Å²) in [5.41, 5.74) is -0.683. The molecule has 1 aromatic carbocycles. The second-order valence-electron chi connectivity index (χ2n) is 6.00. The molecule has 0 aliphatic carbocycles. The standard InChI is InChI=1S/C16H22F4N2O/c1-12(22-5-7-23-8-6-22)10-21(2)11-13-3-4-14(9-15(13)17)16(18,19)20/h3-4,9,12H,5-8,10-11H2,1-2H3. The van der Waals surface area contributed by atoms with Gasteiger partial charge in [0.25, 0.3) is 0 Å². The number of rotatable bonds is 5. The summed E-state index contributed by atoms with van der Waals surface area (Å²) >= 11 is 0. The van der Waals surface area contributed by atoms with E-state index in [1.165, 1.54) is 6.07 Å². The van der Waals surface area contributed by atoms with E-state index in [-0.39, 0.29) is 18.2 Å². The summed E-state index contributed by atoms with van der Waals surface area (Å²) in [6, 6.07) is 2.99. The van der Waals surface area contributed by atoms with Crippen molar-refractivity contribution in [3.8, 4) is 0 Å². The van der Waals surface area contributed by atoms with Gasteiger partial charge in [0.15, 0.2) is 0 Å². The van der Waals surface area contributed by atoms with Crippen LogP contribution in [0.1, 0.15) is 18.1 Å². The van der Waals surface area contributed by atoms with E-state index in [4.69, 9.17) is 4.74 Å². The van der Waals surface area contributed by atoms with Crippen molar-refractivity contribution in [3.63, 3.8) is 0 Å². The van der Waals surface area contributed by atoms with Crippen LogP contribution in [0.2, 0.25) is 0 Å². The molecule has 7 heteroatoms. The Labute approximate surface area is 133 Å². The average Bonchev–Trinajstić information content (AvgIpc) is 2.49. The maximum absolute atomic E-state index is 13.9. The topological polar surface area (TPSA) is 15.7 Å². The Morgan fingerprint density at radius 2 is 1.91 bits per heavy atom. The first-order chi connectivity index (χ1) is 10.8. The minimum Gasteiger partial charge on any atom is -0.379 e. The Morgan fingerprint density at radius 3 is 2.48 bits per heavy atom. The fraction of sp³-hybridized carbons (Fsp3) is 0.625. The highest BCUT2D eigenvalue weighted by atomic mass is 19.4. The fourth-order valence-corrected chi connectivity index (χ4v) is 2.79. The van der Waals surface area contributed by atoms with Crippen molar-refractivity contribution in [2.75, 3.05) is 39.9 Å². The first-order valence-electron chi connectivity index (χ1n) is 7.63. The van der Waals surface area contributed by atoms with E-state index in [2.05, 4.69) is 11.8 Å². The molecule has 1 aliphatic heterocycles. The van der Waals surface area contributed by atoms with E-state index in [1.807, 2.05) is 11.9 Å². The second-order valence-corrected chi connectivity index (χ2v) is 6.00. The maximum Gasteiger partial charge on any atom is 0.416 e. The molecule has 23 heavy (non-hydrogen) atoms. The summed E-state index contributed by atoms with van der Waals surface area (Å²) in [6.45, 7) is 6.22. The quantitative estimate of drug-likeness (QED) is 0.770. The lowest BCUT2D eigenvalue weighted by Crippen LogP contribution is -2.46. The van der Waals surface area contributed by atoms with Crippen LogP contribution in [0.5, 0.6) is 0 Å². The van der Waals surface area contributed by atoms with Crippen molar-refractivity contribution < 1.29 is 22.3 Å². The first-order valence-corrected chi connectivity index (χ1v) is 7.63. The second kappa shape index (κ2) is 7.59. The van der Waals surface area contributed by atoms with Crippen molar-refractivity contribution in [2.45, 2.75) is 25.7 Å². The van der Waals surface area contributed by atoms with Crippen LogP contribution in [0, 0.1) is 5.82 Å². The van der Waals surface area contributed by atoms with E-state index in [0.29, 0.717) is 25.8 Å². The van der Waals surface area contributed by atoms with Gasteiger partial charge in [0, 0.05) is 37.8 Å². The monoisotopic (exact) mass is 334 g/mol. The highest BCUT2D eigenvalue weighted by Crippen LogP contribution is 2.30. The molecule has 1 unspecified atom stereocenters. The van der Waals surface area contributed by atoms with Crippen LogP contribution in [0.25, 0.3) is 0 Å². The molecule has 1 aromatic rings. The molecule has 3 nitrogen and oxygen atoms in total. The summed E-state index contributed by atoms with van der Waals surface area (Å²) in [5.74, 6) is -0.814. The molecule has 1 fully saturated rings. The molecular formula is C16H22F4N2O. The highest BCUT2D eigenvalue weighted by molar-refractivity contribution is 5.26. The third-order valence-corrected chi connectivity index (χ3v) is 4.07. The molecule has 0 radical (unpaired) electrons. The van der Waals surface area contributed by atoms with Gasteiger partial charge in [-0.2, -0.15) is 13.2 Å². The normalized spacial score (nSPS) is 18.4. The zero-order chi connectivity index (χ0) is 17.0. The van der Waals surface area contributed by atoms with Gasteiger partial charge in [-0.3, -0.25) is 4.90 Å². The van der Waals surface area contributed by atoms with Crippen molar-refractivity contribution in [1.82, 2.24) is 9.80 Å². The Morgan fingerprint density at radius 1 is 1.26 bits per heavy atom. The van der Waals surface area contributed by atoms with Gasteiger partial charge in [-0.25, -0.2) is 4.39 Å². The lowest BCUT2D eigenvalue weighted by atomic mass is 10.1. The number of likely N-dealkylation sites (N-methyl/N-ethyl adjacent to an activating group) is 1. The third-order valence-electron chi connectivity index (χ3n) is 4.07. The predicted molar refractivity (Wildman–Crippen MR) is 79.6 cm³/mol. The minimum atomic E-state index is -4.52. The van der Waals surface area contributed by atoms with E-state index in [1.54, 1.807) is 0 Å². The molecule has 1 atom stereocenters. The van der Waals surface area contributed by atoms with Gasteiger partial charge in [-0.1, -0.05) is 6.07 Å². The fourth-order valence-electron chi connectivity index (χ4n) is 2.79. The molecule has 2 rings (SSSR count). The van der Waals surface area contributed by atoms with Gasteiger partial charge in [0.05, 0.1) is 18.8 Å². The molecule has 1 heterocycles. The summed E-state index contributed by atoms with van der Waals surface area (Å²) in [7, 11) is 1.84. The van der Waals surface area contributed by atoms with Crippen LogP contribution in [-0.4, -0.2) is 55.7 Å². The Bertz CT molecular complexity index is 515. The third kappa shape index (κ3) is 5.16. The first kappa shape index (κ1) is 18.2. The average molecular weight is 334 g/mol. The van der Waals surface area contributed by atoms with Gasteiger partial charge >= 0.3 is 6.18 Å². The molecule has 0 N–H and O–H groups in total. The molecule has 1 saturated heterocycles. The Balaban J connectivity index is 1.93. The van der Waals surface area contributed by atoms with Crippen LogP contribution in [-0.2, 0) is 17.5 Å². The number of alkyl halides is 3. The van der Waals surface area contributed by atoms with Gasteiger partial charge in [-0.15, -0.1) is 0 Å². The molecule has 0 amide bonds. The smallest absolute Gasteiger partial charge is 0.379 e. The molecular weight excluding hydrogens is 312 g/mol. The molecule has 0 saturated carbocycles. The van der Waals surface area contributed by atoms with Crippen LogP contribution in [0.15, 0.2) is 18.2 Å².